The number of benzene rings is 2. The van der Waals surface area contributed by atoms with Crippen molar-refractivity contribution in [1.82, 2.24) is 0 Å². The second kappa shape index (κ2) is 17.6. The van der Waals surface area contributed by atoms with E-state index in [2.05, 4.69) is 112 Å². The minimum Gasteiger partial charge on any atom is -0.693 e. The molecule has 38 heavy (non-hydrogen) atoms. The number of hydrogen-bond donors (Lipinski definition) is 0. The summed E-state index contributed by atoms with van der Waals surface area (Å²) in [6.07, 6.45) is 4.67. The summed E-state index contributed by atoms with van der Waals surface area (Å²) in [5.74, 6) is 1.75. The van der Waals surface area contributed by atoms with Gasteiger partial charge in [-0.1, -0.05) is 116 Å². The van der Waals surface area contributed by atoms with Crippen LogP contribution in [-0.2, 0) is 21.8 Å². The molecule has 211 valence electrons. The molecule has 3 rings (SSSR count). The zero-order valence-corrected chi connectivity index (χ0v) is 26.6. The standard InChI is InChI=1S/C29H41N2.C4H8O.Mn.H2N/c1-18(2)24-13-11-14-25(19(3)4)28(24)30-22(9)17-23(10)31-29-26(20(5)6)15-12-16-27(29)21(7)8;1-2-4-5-3-1;;/h11-21H,1-10H3;1-4H2;;1H2/q-1;;+2;-1. The average molecular weight is 561 g/mol. The quantitative estimate of drug-likeness (QED) is 0.234. The van der Waals surface area contributed by atoms with Crippen molar-refractivity contribution in [3.8, 4) is 0 Å². The Balaban J connectivity index is 0.00000175. The van der Waals surface area contributed by atoms with Crippen LogP contribution in [0.4, 0.5) is 11.4 Å². The van der Waals surface area contributed by atoms with Gasteiger partial charge < -0.3 is 16.2 Å². The molecule has 1 heterocycles. The van der Waals surface area contributed by atoms with Gasteiger partial charge in [0.2, 0.25) is 0 Å². The van der Waals surface area contributed by atoms with Crippen molar-refractivity contribution < 1.29 is 21.8 Å². The summed E-state index contributed by atoms with van der Waals surface area (Å²) < 4.78 is 4.94. The normalized spacial score (nSPS) is 13.8. The number of aliphatic imine (C=N–C) groups is 1. The van der Waals surface area contributed by atoms with E-state index in [1.807, 2.05) is 0 Å². The Morgan fingerprint density at radius 3 is 1.47 bits per heavy atom. The van der Waals surface area contributed by atoms with Gasteiger partial charge in [-0.3, -0.25) is 4.99 Å². The summed E-state index contributed by atoms with van der Waals surface area (Å²) >= 11 is 0. The molecule has 0 amide bonds. The number of ether oxygens (including phenoxy) is 1. The zero-order valence-electron chi connectivity index (χ0n) is 25.4. The van der Waals surface area contributed by atoms with Crippen molar-refractivity contribution in [3.63, 3.8) is 0 Å². The van der Waals surface area contributed by atoms with E-state index in [9.17, 15) is 0 Å². The van der Waals surface area contributed by atoms with Crippen LogP contribution < -0.4 is 0 Å². The number of nitrogens with zero attached hydrogens (tertiary/aromatic N) is 2. The Labute approximate surface area is 244 Å². The number of allylic oxidation sites excluding steroid dienone is 2. The molecule has 0 spiro atoms. The first-order chi connectivity index (χ1) is 17.0. The number of hydrogen-bond acceptors (Lipinski definition) is 2. The molecule has 0 atom stereocenters. The summed E-state index contributed by atoms with van der Waals surface area (Å²) in [5.41, 5.74) is 9.45. The molecule has 1 aliphatic heterocycles. The maximum atomic E-state index is 5.08. The van der Waals surface area contributed by atoms with Crippen molar-refractivity contribution in [2.24, 2.45) is 4.99 Å². The predicted molar refractivity (Wildman–Crippen MR) is 164 cm³/mol. The van der Waals surface area contributed by atoms with Crippen LogP contribution in [0.25, 0.3) is 11.5 Å². The van der Waals surface area contributed by atoms with Gasteiger partial charge in [0.1, 0.15) is 0 Å². The first-order valence-electron chi connectivity index (χ1n) is 13.8. The molecule has 0 unspecified atom stereocenters. The molecule has 1 radical (unpaired) electrons. The topological polar surface area (TPSA) is 69.2 Å². The molecular formula is C33H51MnN3O. The first kappa shape index (κ1) is 36.1. The van der Waals surface area contributed by atoms with E-state index in [1.54, 1.807) is 0 Å². The second-order valence-electron chi connectivity index (χ2n) is 11.2. The Morgan fingerprint density at radius 1 is 0.737 bits per heavy atom. The molecule has 1 fully saturated rings. The van der Waals surface area contributed by atoms with Crippen molar-refractivity contribution in [3.05, 3.63) is 81.9 Å². The van der Waals surface area contributed by atoms with Crippen molar-refractivity contribution in [2.75, 3.05) is 13.2 Å². The van der Waals surface area contributed by atoms with Crippen LogP contribution in [-0.4, -0.2) is 18.9 Å². The van der Waals surface area contributed by atoms with Crippen LogP contribution >= 0.6 is 0 Å². The van der Waals surface area contributed by atoms with Crippen molar-refractivity contribution >= 4 is 17.1 Å². The maximum Gasteiger partial charge on any atom is 2.00 e. The van der Waals surface area contributed by atoms with Crippen LogP contribution in [0.3, 0.4) is 0 Å². The van der Waals surface area contributed by atoms with Gasteiger partial charge in [-0.25, -0.2) is 0 Å². The molecule has 2 aromatic rings. The van der Waals surface area contributed by atoms with Crippen LogP contribution in [0.1, 0.15) is 128 Å². The van der Waals surface area contributed by atoms with Gasteiger partial charge in [-0.2, -0.15) is 5.70 Å². The maximum absolute atomic E-state index is 5.08. The molecular weight excluding hydrogens is 509 g/mol. The number of para-hydroxylation sites is 2. The zero-order chi connectivity index (χ0) is 26.8. The average Bonchev–Trinajstić information content (AvgIpc) is 3.38. The molecule has 1 saturated heterocycles. The molecule has 0 aromatic heterocycles. The van der Waals surface area contributed by atoms with Crippen LogP contribution in [0.2, 0.25) is 0 Å². The van der Waals surface area contributed by atoms with Crippen LogP contribution in [0, 0.1) is 0 Å². The van der Waals surface area contributed by atoms with E-state index in [0.717, 1.165) is 36.0 Å². The van der Waals surface area contributed by atoms with E-state index >= 15 is 0 Å². The fourth-order valence-electron chi connectivity index (χ4n) is 4.51. The molecule has 2 aromatic carbocycles. The summed E-state index contributed by atoms with van der Waals surface area (Å²) in [6, 6.07) is 13.1. The molecule has 5 heteroatoms. The van der Waals surface area contributed by atoms with Crippen molar-refractivity contribution in [1.29, 1.82) is 0 Å². The van der Waals surface area contributed by atoms with Crippen LogP contribution in [0.5, 0.6) is 0 Å². The van der Waals surface area contributed by atoms with E-state index in [0.29, 0.717) is 23.7 Å². The Bertz CT molecular complexity index is 974. The van der Waals surface area contributed by atoms with Gasteiger partial charge in [-0.05, 0) is 54.6 Å². The molecule has 1 aliphatic rings. The minimum atomic E-state index is 0. The molecule has 4 nitrogen and oxygen atoms in total. The van der Waals surface area contributed by atoms with Crippen LogP contribution in [0.15, 0.2) is 53.2 Å². The van der Waals surface area contributed by atoms with Crippen molar-refractivity contribution in [2.45, 2.75) is 106 Å². The largest absolute Gasteiger partial charge is 2.00 e. The summed E-state index contributed by atoms with van der Waals surface area (Å²) in [7, 11) is 0. The first-order valence-corrected chi connectivity index (χ1v) is 13.8. The fourth-order valence-corrected chi connectivity index (χ4v) is 4.51. The fraction of sp³-hybridized carbons (Fsp3) is 0.545. The Morgan fingerprint density at radius 2 is 1.13 bits per heavy atom. The van der Waals surface area contributed by atoms with Gasteiger partial charge >= 0.3 is 17.1 Å². The van der Waals surface area contributed by atoms with Gasteiger partial charge in [0.05, 0.1) is 5.69 Å². The predicted octanol–water partition coefficient (Wildman–Crippen LogP) is 11.4. The molecule has 0 bridgehead atoms. The van der Waals surface area contributed by atoms with E-state index in [1.165, 1.54) is 35.1 Å². The smallest absolute Gasteiger partial charge is 0.693 e. The molecule has 2 N–H and O–H groups in total. The Hall–Kier alpha value is -1.91. The summed E-state index contributed by atoms with van der Waals surface area (Å²) in [4.78, 5) is 5.08. The summed E-state index contributed by atoms with van der Waals surface area (Å²) in [6.45, 7) is 24.1. The second-order valence-corrected chi connectivity index (χ2v) is 11.2. The molecule has 0 aliphatic carbocycles. The third-order valence-corrected chi connectivity index (χ3v) is 6.51. The SMILES string of the molecule is C1CCOC1.CC(=CC(C)=Nc1c(C(C)C)cccc1C(C)C)[N-]c1c(C(C)C)cccc1C(C)C.[Mn+2].[NH2-]. The van der Waals surface area contributed by atoms with Gasteiger partial charge in [-0.15, -0.1) is 5.69 Å². The monoisotopic (exact) mass is 560 g/mol. The minimum absolute atomic E-state index is 0. The third kappa shape index (κ3) is 10.7. The molecule has 0 saturated carbocycles. The Kier molecular flexibility index (Phi) is 16.7. The number of rotatable bonds is 8. The summed E-state index contributed by atoms with van der Waals surface area (Å²) in [5, 5.41) is 5.08. The van der Waals surface area contributed by atoms with E-state index in [-0.39, 0.29) is 23.2 Å². The third-order valence-electron chi connectivity index (χ3n) is 6.51. The van der Waals surface area contributed by atoms with Gasteiger partial charge in [0.15, 0.2) is 0 Å². The van der Waals surface area contributed by atoms with Gasteiger partial charge in [0.25, 0.3) is 0 Å². The van der Waals surface area contributed by atoms with E-state index in [4.69, 9.17) is 15.0 Å². The van der Waals surface area contributed by atoms with Gasteiger partial charge in [0, 0.05) is 18.9 Å². The van der Waals surface area contributed by atoms with E-state index < -0.39 is 0 Å². The number of nitrogens with two attached hydrogens (primary N) is 1.